The van der Waals surface area contributed by atoms with Gasteiger partial charge in [0.2, 0.25) is 0 Å². The third kappa shape index (κ3) is 11.8. The van der Waals surface area contributed by atoms with Crippen LogP contribution in [0.4, 0.5) is 34.4 Å². The molecule has 18 heteroatoms. The molecular weight excluding hydrogens is 1150 g/mol. The summed E-state index contributed by atoms with van der Waals surface area (Å²) in [6, 6.07) is 56.6. The molecule has 0 aliphatic carbocycles. The first-order chi connectivity index (χ1) is 40.0. The monoisotopic (exact) mass is 1220 g/mol. The van der Waals surface area contributed by atoms with Crippen LogP contribution in [0, 0.1) is 0 Å². The number of fused-ring (bicyclic) bond motifs is 18. The standard InChI is InChI=1S/C68H68N12O4.ClH.Zn/c1-77(2,3)41-13-21-45(22-14-41)81-49-29-33-53-57(37-49)65-70-61(53)69-62-54-34-30-51(83-47-25-17-43(18-26-47)79(7,8)9)39-59(54)67(71-62)76-68-60-40-52(84-48-27-19-44(20-28-48)80(10,11)12)32-36-56(60)64(75-68)74-66-58-38-50(31-35-55(58)63(72-65)73-66)82-46-23-15-42(16-24-46)78(4,5)6;;/h13-40,63,70,72H,1-12H3,(H,69,71,73,74,75,76);1H;/q+4;;+2/p-1. The Bertz CT molecular complexity index is 4490. The smallest absolute Gasteiger partial charge is 1.00 e. The van der Waals surface area contributed by atoms with Crippen molar-refractivity contribution in [1.82, 2.24) is 27.9 Å². The minimum absolute atomic E-state index is 0. The molecule has 3 aliphatic rings. The van der Waals surface area contributed by atoms with E-state index < -0.39 is 6.17 Å². The molecule has 0 fully saturated rings. The molecule has 0 saturated heterocycles. The molecule has 0 radical (unpaired) electrons. The van der Waals surface area contributed by atoms with Crippen LogP contribution in [0.5, 0.6) is 46.0 Å². The van der Waals surface area contributed by atoms with Gasteiger partial charge in [-0.15, -0.1) is 0 Å². The van der Waals surface area contributed by atoms with Crippen molar-refractivity contribution in [3.05, 3.63) is 203 Å². The van der Waals surface area contributed by atoms with E-state index in [2.05, 4.69) is 154 Å². The minimum Gasteiger partial charge on any atom is -1.00 e. The number of halogens is 1. The number of aromatic nitrogens is 2. The van der Waals surface area contributed by atoms with Gasteiger partial charge in [-0.2, -0.15) is 0 Å². The molecule has 0 spiro atoms. The summed E-state index contributed by atoms with van der Waals surface area (Å²) in [7, 11) is 25.7. The van der Waals surface area contributed by atoms with Gasteiger partial charge in [-0.05, 0) is 115 Å². The van der Waals surface area contributed by atoms with Crippen molar-refractivity contribution < 1.29 is 50.8 Å². The van der Waals surface area contributed by atoms with Crippen molar-refractivity contribution in [1.29, 1.82) is 0 Å². The van der Waals surface area contributed by atoms with Gasteiger partial charge in [0, 0.05) is 92.3 Å². The SMILES string of the molecule is C[N+](C)(C)c1ccc(Oc2ccc3c(c2)C2=N/C3=N\c3[nH]c(c4cc(Oc5ccc([N+](C)(C)C)cc5)ccc34)NC3N=C(N=c4[nH]c(c5cc(Oc6ccc([N+](C)(C)C)cc6)ccc45)=N2)c2cc(Oc4ccc([N+](C)(C)C)cc4)ccc23)cc1.[Cl-].[Zn+2]. The maximum absolute atomic E-state index is 6.58. The van der Waals surface area contributed by atoms with Crippen molar-refractivity contribution in [2.45, 2.75) is 6.17 Å². The number of rotatable bonds is 12. The molecule has 8 bridgehead atoms. The number of hydrogen-bond donors (Lipinski definition) is 3. The Morgan fingerprint density at radius 3 is 1.21 bits per heavy atom. The van der Waals surface area contributed by atoms with E-state index in [4.69, 9.17) is 43.9 Å². The van der Waals surface area contributed by atoms with Crippen LogP contribution in [-0.4, -0.2) is 112 Å². The number of benzene rings is 8. The van der Waals surface area contributed by atoms with Crippen molar-refractivity contribution in [3.8, 4) is 46.0 Å². The quantitative estimate of drug-likeness (QED) is 0.0825. The number of H-pyrrole nitrogens is 2. The third-order valence-corrected chi connectivity index (χ3v) is 15.3. The Morgan fingerprint density at radius 1 is 0.337 bits per heavy atom. The van der Waals surface area contributed by atoms with Gasteiger partial charge < -0.3 is 46.6 Å². The summed E-state index contributed by atoms with van der Waals surface area (Å²) in [4.78, 5) is 34.1. The number of nitrogens with zero attached hydrogens (tertiary/aromatic N) is 9. The van der Waals surface area contributed by atoms with Gasteiger partial charge in [0.15, 0.2) is 17.5 Å². The summed E-state index contributed by atoms with van der Waals surface area (Å²) in [5, 5.41) is 7.04. The van der Waals surface area contributed by atoms with Gasteiger partial charge in [0.1, 0.15) is 97.5 Å². The Morgan fingerprint density at radius 2 is 0.721 bits per heavy atom. The van der Waals surface area contributed by atoms with E-state index in [-0.39, 0.29) is 31.9 Å². The molecule has 2 aromatic heterocycles. The molecule has 1 unspecified atom stereocenters. The van der Waals surface area contributed by atoms with Crippen LogP contribution in [0.15, 0.2) is 195 Å². The van der Waals surface area contributed by atoms with Crippen molar-refractivity contribution in [2.24, 2.45) is 25.0 Å². The van der Waals surface area contributed by atoms with Gasteiger partial charge in [-0.3, -0.25) is 17.9 Å². The molecule has 0 saturated carbocycles. The molecule has 3 N–H and O–H groups in total. The van der Waals surface area contributed by atoms with Crippen LogP contribution in [0.3, 0.4) is 0 Å². The number of quaternary nitrogens is 4. The van der Waals surface area contributed by atoms with Crippen molar-refractivity contribution in [2.75, 3.05) is 89.9 Å². The number of aromatic amines is 2. The number of ether oxygens (including phenoxy) is 4. The first kappa shape index (κ1) is 59.0. The van der Waals surface area contributed by atoms with E-state index in [1.54, 1.807) is 0 Å². The maximum Gasteiger partial charge on any atom is 2.00 e. The molecule has 13 rings (SSSR count). The molecule has 10 aromatic rings. The van der Waals surface area contributed by atoms with Gasteiger partial charge >= 0.3 is 19.5 Å². The van der Waals surface area contributed by atoms with E-state index in [1.165, 1.54) is 0 Å². The number of amidine groups is 3. The van der Waals surface area contributed by atoms with Gasteiger partial charge in [-0.25, -0.2) is 25.0 Å². The van der Waals surface area contributed by atoms with Gasteiger partial charge in [0.05, 0.1) is 84.6 Å². The van der Waals surface area contributed by atoms with Gasteiger partial charge in [0.25, 0.3) is 0 Å². The molecule has 8 aromatic carbocycles. The van der Waals surface area contributed by atoms with Crippen LogP contribution in [0.25, 0.3) is 21.5 Å². The molecule has 1 atom stereocenters. The van der Waals surface area contributed by atoms with E-state index >= 15 is 0 Å². The first-order valence-electron chi connectivity index (χ1n) is 28.0. The van der Waals surface area contributed by atoms with E-state index in [0.29, 0.717) is 98.3 Å². The topological polar surface area (TPSA) is 142 Å². The van der Waals surface area contributed by atoms with E-state index in [0.717, 1.165) is 72.3 Å². The summed E-state index contributed by atoms with van der Waals surface area (Å²) >= 11 is 0. The molecular formula is C68H68ClN12O4Zn+5. The first-order valence-corrected chi connectivity index (χ1v) is 28.0. The second kappa shape index (κ2) is 22.2. The fraction of sp³-hybridized carbons (Fsp3) is 0.191. The fourth-order valence-electron chi connectivity index (χ4n) is 10.6. The van der Waals surface area contributed by atoms with Gasteiger partial charge in [-0.1, -0.05) is 6.07 Å². The van der Waals surface area contributed by atoms with Crippen LogP contribution < -0.4 is 65.6 Å². The molecule has 86 heavy (non-hydrogen) atoms. The van der Waals surface area contributed by atoms with Crippen molar-refractivity contribution in [3.63, 3.8) is 0 Å². The predicted molar refractivity (Wildman–Crippen MR) is 342 cm³/mol. The number of anilines is 1. The Balaban J connectivity index is 0.00000384. The molecule has 16 nitrogen and oxygen atoms in total. The number of hydrogen-bond acceptors (Lipinski definition) is 10. The summed E-state index contributed by atoms with van der Waals surface area (Å²) < 4.78 is 29.0. The normalized spacial score (nSPS) is 15.1. The molecule has 5 heterocycles. The van der Waals surface area contributed by atoms with Crippen LogP contribution >= 0.6 is 0 Å². The summed E-state index contributed by atoms with van der Waals surface area (Å²) in [6.45, 7) is 0. The Hall–Kier alpha value is -8.80. The summed E-state index contributed by atoms with van der Waals surface area (Å²) in [5.74, 6) is 8.03. The molecule has 0 amide bonds. The van der Waals surface area contributed by atoms with Crippen LogP contribution in [-0.2, 0) is 19.5 Å². The van der Waals surface area contributed by atoms with E-state index in [9.17, 15) is 0 Å². The predicted octanol–water partition coefficient (Wildman–Crippen LogP) is 10.3. The Kier molecular flexibility index (Phi) is 15.2. The summed E-state index contributed by atoms with van der Waals surface area (Å²) in [6.07, 6.45) is -0.590. The second-order valence-corrected chi connectivity index (χ2v) is 25.1. The van der Waals surface area contributed by atoms with E-state index in [1.807, 2.05) is 115 Å². The second-order valence-electron chi connectivity index (χ2n) is 25.1. The maximum atomic E-state index is 6.58. The number of nitrogens with one attached hydrogen (secondary N) is 3. The zero-order valence-electron chi connectivity index (χ0n) is 50.5. The Labute approximate surface area is 519 Å². The third-order valence-electron chi connectivity index (χ3n) is 15.3. The van der Waals surface area contributed by atoms with Crippen LogP contribution in [0.2, 0.25) is 0 Å². The van der Waals surface area contributed by atoms with Crippen LogP contribution in [0.1, 0.15) is 28.4 Å². The van der Waals surface area contributed by atoms with Crippen molar-refractivity contribution >= 4 is 73.4 Å². The zero-order chi connectivity index (χ0) is 58.5. The molecule has 3 aliphatic heterocycles. The largest absolute Gasteiger partial charge is 2.00 e. The minimum atomic E-state index is -0.590. The summed E-state index contributed by atoms with van der Waals surface area (Å²) in [5.41, 5.74) is 8.91. The average molecular weight is 1220 g/mol. The fourth-order valence-corrected chi connectivity index (χ4v) is 10.6. The number of aliphatic imine (C=N–C) groups is 3. The zero-order valence-corrected chi connectivity index (χ0v) is 54.2. The molecule has 428 valence electrons. The average Bonchev–Trinajstić information content (AvgIpc) is 1.70.